The summed E-state index contributed by atoms with van der Waals surface area (Å²) in [5.41, 5.74) is 0.792. The second-order valence-electron chi connectivity index (χ2n) is 7.38. The first kappa shape index (κ1) is 25.7. The number of alkyl halides is 3. The smallest absolute Gasteiger partial charge is 0.422 e. The molecule has 2 rings (SSSR count). The number of nitrogens with zero attached hydrogens (tertiary/aromatic N) is 3. The number of nitrogens with one attached hydrogen (secondary N) is 2. The minimum atomic E-state index is -4.38. The number of aromatic nitrogens is 1. The molecular weight excluding hydrogens is 498 g/mol. The Morgan fingerprint density at radius 1 is 1.34 bits per heavy atom. The van der Waals surface area contributed by atoms with Crippen LogP contribution in [0.4, 0.5) is 13.2 Å². The molecule has 2 N–H and O–H groups in total. The van der Waals surface area contributed by atoms with Crippen molar-refractivity contribution < 1.29 is 17.9 Å². The summed E-state index contributed by atoms with van der Waals surface area (Å²) in [6.07, 6.45) is -2.89. The van der Waals surface area contributed by atoms with Crippen LogP contribution >= 0.6 is 24.0 Å². The van der Waals surface area contributed by atoms with Crippen LogP contribution in [-0.2, 0) is 6.54 Å². The van der Waals surface area contributed by atoms with Gasteiger partial charge in [0.1, 0.15) is 0 Å². The molecule has 166 valence electrons. The predicted molar refractivity (Wildman–Crippen MR) is 119 cm³/mol. The summed E-state index contributed by atoms with van der Waals surface area (Å²) in [4.78, 5) is 10.9. The van der Waals surface area contributed by atoms with E-state index in [9.17, 15) is 13.2 Å². The molecule has 2 heterocycles. The molecule has 1 aliphatic rings. The maximum atomic E-state index is 12.2. The van der Waals surface area contributed by atoms with Crippen molar-refractivity contribution in [1.29, 1.82) is 0 Å². The van der Waals surface area contributed by atoms with Gasteiger partial charge < -0.3 is 15.4 Å². The van der Waals surface area contributed by atoms with E-state index >= 15 is 0 Å². The average molecular weight is 529 g/mol. The quantitative estimate of drug-likeness (QED) is 0.322. The molecule has 29 heavy (non-hydrogen) atoms. The maximum Gasteiger partial charge on any atom is 0.422 e. The Morgan fingerprint density at radius 3 is 2.59 bits per heavy atom. The summed E-state index contributed by atoms with van der Waals surface area (Å²) < 4.78 is 41.2. The highest BCUT2D eigenvalue weighted by Crippen LogP contribution is 2.19. The van der Waals surface area contributed by atoms with Gasteiger partial charge in [-0.1, -0.05) is 13.0 Å². The molecule has 0 spiro atoms. The van der Waals surface area contributed by atoms with Gasteiger partial charge in [-0.2, -0.15) is 13.2 Å². The lowest BCUT2D eigenvalue weighted by molar-refractivity contribution is -0.154. The number of ether oxygens (including phenoxy) is 1. The third-order valence-electron chi connectivity index (χ3n) is 4.64. The van der Waals surface area contributed by atoms with Crippen molar-refractivity contribution in [2.75, 3.05) is 26.2 Å². The van der Waals surface area contributed by atoms with Crippen molar-refractivity contribution in [2.24, 2.45) is 10.9 Å². The SMILES string of the molecule is CCNC(=NCc1ccc(OCC(F)(F)F)nc1)NC1CN(C(C)C)CC1C.I. The zero-order chi connectivity index (χ0) is 20.7. The van der Waals surface area contributed by atoms with E-state index in [-0.39, 0.29) is 29.9 Å². The number of rotatable bonds is 7. The lowest BCUT2D eigenvalue weighted by atomic mass is 10.1. The van der Waals surface area contributed by atoms with E-state index in [2.05, 4.69) is 51.0 Å². The van der Waals surface area contributed by atoms with Crippen LogP contribution in [-0.4, -0.2) is 60.3 Å². The molecule has 0 aliphatic carbocycles. The van der Waals surface area contributed by atoms with Crippen LogP contribution in [0.25, 0.3) is 0 Å². The molecule has 2 atom stereocenters. The molecule has 0 radical (unpaired) electrons. The molecule has 0 bridgehead atoms. The molecule has 1 fully saturated rings. The lowest BCUT2D eigenvalue weighted by Gasteiger charge is -2.22. The summed E-state index contributed by atoms with van der Waals surface area (Å²) in [5.74, 6) is 1.18. The molecule has 0 amide bonds. The Bertz CT molecular complexity index is 640. The third kappa shape index (κ3) is 8.93. The molecule has 1 saturated heterocycles. The second-order valence-corrected chi connectivity index (χ2v) is 7.38. The van der Waals surface area contributed by atoms with Gasteiger partial charge in [0.25, 0.3) is 0 Å². The van der Waals surface area contributed by atoms with Crippen molar-refractivity contribution >= 4 is 29.9 Å². The Kier molecular flexibility index (Phi) is 10.4. The summed E-state index contributed by atoms with van der Waals surface area (Å²) in [7, 11) is 0. The van der Waals surface area contributed by atoms with Gasteiger partial charge >= 0.3 is 6.18 Å². The van der Waals surface area contributed by atoms with Crippen LogP contribution in [0.15, 0.2) is 23.3 Å². The van der Waals surface area contributed by atoms with E-state index in [0.717, 1.165) is 31.2 Å². The average Bonchev–Trinajstić information content (AvgIpc) is 2.99. The second kappa shape index (κ2) is 11.8. The highest BCUT2D eigenvalue weighted by molar-refractivity contribution is 14.0. The van der Waals surface area contributed by atoms with Gasteiger partial charge in [0, 0.05) is 44.0 Å². The van der Waals surface area contributed by atoms with Gasteiger partial charge in [-0.05, 0) is 32.3 Å². The number of hydrogen-bond acceptors (Lipinski definition) is 4. The van der Waals surface area contributed by atoms with Crippen LogP contribution in [0.5, 0.6) is 5.88 Å². The largest absolute Gasteiger partial charge is 0.468 e. The van der Waals surface area contributed by atoms with Crippen LogP contribution < -0.4 is 15.4 Å². The molecule has 1 aromatic heterocycles. The van der Waals surface area contributed by atoms with Gasteiger partial charge in [0.05, 0.1) is 6.54 Å². The number of likely N-dealkylation sites (tertiary alicyclic amines) is 1. The Morgan fingerprint density at radius 2 is 2.07 bits per heavy atom. The van der Waals surface area contributed by atoms with Gasteiger partial charge in [0.2, 0.25) is 5.88 Å². The summed E-state index contributed by atoms with van der Waals surface area (Å²) in [6.45, 7) is 10.4. The fourth-order valence-electron chi connectivity index (χ4n) is 3.03. The van der Waals surface area contributed by atoms with Gasteiger partial charge in [-0.25, -0.2) is 9.98 Å². The molecule has 6 nitrogen and oxygen atoms in total. The van der Waals surface area contributed by atoms with Crippen LogP contribution in [0.1, 0.15) is 33.3 Å². The molecule has 0 saturated carbocycles. The fourth-order valence-corrected chi connectivity index (χ4v) is 3.03. The molecule has 0 aromatic carbocycles. The van der Waals surface area contributed by atoms with Crippen LogP contribution in [0, 0.1) is 5.92 Å². The highest BCUT2D eigenvalue weighted by Gasteiger charge is 2.31. The summed E-state index contributed by atoms with van der Waals surface area (Å²) in [5, 5.41) is 6.74. The monoisotopic (exact) mass is 529 g/mol. The Labute approximate surface area is 187 Å². The lowest BCUT2D eigenvalue weighted by Crippen LogP contribution is -2.46. The number of halogens is 4. The third-order valence-corrected chi connectivity index (χ3v) is 4.64. The molecular formula is C19H31F3IN5O. The number of guanidine groups is 1. The van der Waals surface area contributed by atoms with E-state index in [1.165, 1.54) is 12.3 Å². The van der Waals surface area contributed by atoms with Crippen LogP contribution in [0.2, 0.25) is 0 Å². The summed E-state index contributed by atoms with van der Waals surface area (Å²) >= 11 is 0. The Hall–Kier alpha value is -1.30. The topological polar surface area (TPSA) is 61.8 Å². The normalized spacial score (nSPS) is 20.5. The Balaban J connectivity index is 0.00000420. The number of pyridine rings is 1. The van der Waals surface area contributed by atoms with Crippen molar-refractivity contribution in [1.82, 2.24) is 20.5 Å². The van der Waals surface area contributed by atoms with E-state index in [0.29, 0.717) is 24.5 Å². The first-order valence-corrected chi connectivity index (χ1v) is 9.61. The zero-order valence-electron chi connectivity index (χ0n) is 17.3. The first-order valence-electron chi connectivity index (χ1n) is 9.61. The zero-order valence-corrected chi connectivity index (χ0v) is 19.6. The van der Waals surface area contributed by atoms with Crippen molar-refractivity contribution in [3.8, 4) is 5.88 Å². The highest BCUT2D eigenvalue weighted by atomic mass is 127. The predicted octanol–water partition coefficient (Wildman–Crippen LogP) is 3.42. The van der Waals surface area contributed by atoms with E-state index in [1.54, 1.807) is 6.07 Å². The minimum absolute atomic E-state index is 0. The van der Waals surface area contributed by atoms with Crippen molar-refractivity contribution in [3.05, 3.63) is 23.9 Å². The van der Waals surface area contributed by atoms with E-state index in [4.69, 9.17) is 0 Å². The minimum Gasteiger partial charge on any atom is -0.468 e. The summed E-state index contributed by atoms with van der Waals surface area (Å²) in [6, 6.07) is 3.93. The van der Waals surface area contributed by atoms with Crippen molar-refractivity contribution in [2.45, 2.75) is 52.5 Å². The van der Waals surface area contributed by atoms with Crippen molar-refractivity contribution in [3.63, 3.8) is 0 Å². The fraction of sp³-hybridized carbons (Fsp3) is 0.684. The van der Waals surface area contributed by atoms with E-state index in [1.807, 2.05) is 6.92 Å². The number of aliphatic imine (C=N–C) groups is 1. The molecule has 10 heteroatoms. The first-order chi connectivity index (χ1) is 13.2. The van der Waals surface area contributed by atoms with Gasteiger partial charge in [0.15, 0.2) is 12.6 Å². The molecule has 1 aliphatic heterocycles. The molecule has 1 aromatic rings. The standard InChI is InChI=1S/C19H30F3N5O.HI/c1-5-23-18(26-16-11-27(13(2)3)10-14(16)4)25-9-15-6-7-17(24-8-15)28-12-19(20,21)22;/h6-8,13-14,16H,5,9-12H2,1-4H3,(H2,23,25,26);1H. The molecule has 2 unspecified atom stereocenters. The van der Waals surface area contributed by atoms with Crippen LogP contribution in [0.3, 0.4) is 0 Å². The number of hydrogen-bond donors (Lipinski definition) is 2. The van der Waals surface area contributed by atoms with Gasteiger partial charge in [-0.15, -0.1) is 24.0 Å². The maximum absolute atomic E-state index is 12.2. The van der Waals surface area contributed by atoms with Gasteiger partial charge in [-0.3, -0.25) is 4.90 Å². The van der Waals surface area contributed by atoms with E-state index < -0.39 is 12.8 Å².